The van der Waals surface area contributed by atoms with Crippen LogP contribution in [0.25, 0.3) is 0 Å². The van der Waals surface area contributed by atoms with Gasteiger partial charge in [0, 0.05) is 5.69 Å². The van der Waals surface area contributed by atoms with Crippen LogP contribution in [0.4, 0.5) is 13.2 Å². The molecule has 0 aliphatic carbocycles. The summed E-state index contributed by atoms with van der Waals surface area (Å²) >= 11 is 0. The molecule has 0 saturated carbocycles. The van der Waals surface area contributed by atoms with Gasteiger partial charge in [-0.1, -0.05) is 13.8 Å². The Morgan fingerprint density at radius 3 is 2.38 bits per heavy atom. The third kappa shape index (κ3) is 3.36. The van der Waals surface area contributed by atoms with Crippen molar-refractivity contribution in [2.24, 2.45) is 5.92 Å². The Morgan fingerprint density at radius 2 is 1.94 bits per heavy atom. The fourth-order valence-corrected chi connectivity index (χ4v) is 1.23. The molecule has 0 aromatic carbocycles. The Bertz CT molecular complexity index is 364. The van der Waals surface area contributed by atoms with Crippen LogP contribution < -0.4 is 4.74 Å². The quantitative estimate of drug-likeness (QED) is 0.806. The van der Waals surface area contributed by atoms with E-state index in [0.29, 0.717) is 12.1 Å². The van der Waals surface area contributed by atoms with Crippen molar-refractivity contribution in [2.45, 2.75) is 26.4 Å². The molecule has 0 fully saturated rings. The van der Waals surface area contributed by atoms with E-state index in [2.05, 4.69) is 14.7 Å². The summed E-state index contributed by atoms with van der Waals surface area (Å²) < 4.78 is 42.1. The van der Waals surface area contributed by atoms with Crippen molar-refractivity contribution in [1.82, 2.24) is 9.97 Å². The van der Waals surface area contributed by atoms with Crippen molar-refractivity contribution in [1.29, 1.82) is 0 Å². The van der Waals surface area contributed by atoms with Crippen LogP contribution in [-0.4, -0.2) is 17.1 Å². The maximum absolute atomic E-state index is 12.5. The SMILES string of the molecule is COc1nc(CC(C)C)cc(C(F)(F)F)n1. The monoisotopic (exact) mass is 234 g/mol. The van der Waals surface area contributed by atoms with E-state index in [4.69, 9.17) is 0 Å². The lowest BCUT2D eigenvalue weighted by Gasteiger charge is -2.10. The summed E-state index contributed by atoms with van der Waals surface area (Å²) in [6, 6.07) is 0.716. The molecule has 1 rings (SSSR count). The highest BCUT2D eigenvalue weighted by Gasteiger charge is 2.33. The summed E-state index contributed by atoms with van der Waals surface area (Å²) in [5.41, 5.74) is -0.621. The summed E-state index contributed by atoms with van der Waals surface area (Å²) in [5.74, 6) is 0.223. The van der Waals surface area contributed by atoms with Crippen LogP contribution in [0, 0.1) is 5.92 Å². The van der Waals surface area contributed by atoms with Crippen LogP contribution in [0.2, 0.25) is 0 Å². The van der Waals surface area contributed by atoms with Crippen molar-refractivity contribution in [2.75, 3.05) is 7.11 Å². The van der Waals surface area contributed by atoms with E-state index in [1.165, 1.54) is 7.11 Å². The summed E-state index contributed by atoms with van der Waals surface area (Å²) in [6.45, 7) is 3.81. The average Bonchev–Trinajstić information content (AvgIpc) is 2.14. The summed E-state index contributed by atoms with van der Waals surface area (Å²) in [7, 11) is 1.24. The molecule has 0 atom stereocenters. The van der Waals surface area contributed by atoms with Gasteiger partial charge in [-0.3, -0.25) is 0 Å². The molecule has 90 valence electrons. The lowest BCUT2D eigenvalue weighted by molar-refractivity contribution is -0.141. The first-order valence-electron chi connectivity index (χ1n) is 4.82. The van der Waals surface area contributed by atoms with Gasteiger partial charge in [-0.05, 0) is 18.4 Å². The number of ether oxygens (including phenoxy) is 1. The van der Waals surface area contributed by atoms with Gasteiger partial charge < -0.3 is 4.74 Å². The molecule has 0 bridgehead atoms. The van der Waals surface area contributed by atoms with Gasteiger partial charge in [0.1, 0.15) is 0 Å². The lowest BCUT2D eigenvalue weighted by Crippen LogP contribution is -2.12. The van der Waals surface area contributed by atoms with Gasteiger partial charge >= 0.3 is 12.2 Å². The molecule has 6 heteroatoms. The highest BCUT2D eigenvalue weighted by molar-refractivity contribution is 5.16. The first kappa shape index (κ1) is 12.7. The van der Waals surface area contributed by atoms with E-state index in [-0.39, 0.29) is 11.9 Å². The molecule has 1 heterocycles. The molecule has 0 spiro atoms. The largest absolute Gasteiger partial charge is 0.467 e. The minimum Gasteiger partial charge on any atom is -0.467 e. The molecule has 0 amide bonds. The molecular formula is C10H13F3N2O. The van der Waals surface area contributed by atoms with E-state index < -0.39 is 11.9 Å². The van der Waals surface area contributed by atoms with Gasteiger partial charge in [0.15, 0.2) is 5.69 Å². The zero-order valence-corrected chi connectivity index (χ0v) is 9.30. The molecular weight excluding hydrogens is 221 g/mol. The average molecular weight is 234 g/mol. The van der Waals surface area contributed by atoms with Gasteiger partial charge in [-0.25, -0.2) is 4.98 Å². The highest BCUT2D eigenvalue weighted by atomic mass is 19.4. The van der Waals surface area contributed by atoms with Gasteiger partial charge in [-0.2, -0.15) is 18.2 Å². The maximum atomic E-state index is 12.5. The number of nitrogens with zero attached hydrogens (tertiary/aromatic N) is 2. The Labute approximate surface area is 91.7 Å². The van der Waals surface area contributed by atoms with E-state index in [0.717, 1.165) is 6.07 Å². The molecule has 0 N–H and O–H groups in total. The number of alkyl halides is 3. The van der Waals surface area contributed by atoms with Crippen molar-refractivity contribution in [3.63, 3.8) is 0 Å². The molecule has 1 aromatic rings. The second kappa shape index (κ2) is 4.67. The molecule has 16 heavy (non-hydrogen) atoms. The summed E-state index contributed by atoms with van der Waals surface area (Å²) in [4.78, 5) is 7.14. The fourth-order valence-electron chi connectivity index (χ4n) is 1.23. The molecule has 3 nitrogen and oxygen atoms in total. The number of halogens is 3. The zero-order valence-electron chi connectivity index (χ0n) is 9.30. The van der Waals surface area contributed by atoms with Crippen LogP contribution in [0.5, 0.6) is 6.01 Å². The maximum Gasteiger partial charge on any atom is 0.433 e. The van der Waals surface area contributed by atoms with Gasteiger partial charge in [0.25, 0.3) is 0 Å². The van der Waals surface area contributed by atoms with Gasteiger partial charge in [-0.15, -0.1) is 0 Å². The second-order valence-electron chi connectivity index (χ2n) is 3.83. The zero-order chi connectivity index (χ0) is 12.3. The third-order valence-electron chi connectivity index (χ3n) is 1.85. The Kier molecular flexibility index (Phi) is 3.72. The van der Waals surface area contributed by atoms with Crippen LogP contribution in [0.15, 0.2) is 6.07 Å². The Balaban J connectivity index is 3.11. The third-order valence-corrected chi connectivity index (χ3v) is 1.85. The molecule has 0 radical (unpaired) electrons. The molecule has 0 unspecified atom stereocenters. The highest BCUT2D eigenvalue weighted by Crippen LogP contribution is 2.29. The van der Waals surface area contributed by atoms with Crippen LogP contribution in [0.3, 0.4) is 0 Å². The number of rotatable bonds is 3. The molecule has 0 aliphatic rings. The smallest absolute Gasteiger partial charge is 0.433 e. The second-order valence-corrected chi connectivity index (χ2v) is 3.83. The van der Waals surface area contributed by atoms with Crippen molar-refractivity contribution >= 4 is 0 Å². The lowest BCUT2D eigenvalue weighted by atomic mass is 10.1. The Morgan fingerprint density at radius 1 is 1.31 bits per heavy atom. The van der Waals surface area contributed by atoms with Crippen LogP contribution in [-0.2, 0) is 12.6 Å². The predicted molar refractivity (Wildman–Crippen MR) is 52.1 cm³/mol. The number of hydrogen-bond donors (Lipinski definition) is 0. The first-order chi connectivity index (χ1) is 7.32. The Hall–Kier alpha value is -1.33. The predicted octanol–water partition coefficient (Wildman–Crippen LogP) is 2.70. The molecule has 0 aliphatic heterocycles. The van der Waals surface area contributed by atoms with Crippen molar-refractivity contribution in [3.8, 4) is 6.01 Å². The summed E-state index contributed by atoms with van der Waals surface area (Å²) in [6.07, 6.45) is -4.01. The van der Waals surface area contributed by atoms with E-state index in [1.54, 1.807) is 0 Å². The first-order valence-corrected chi connectivity index (χ1v) is 4.82. The van der Waals surface area contributed by atoms with E-state index in [1.807, 2.05) is 13.8 Å². The standard InChI is InChI=1S/C10H13F3N2O/c1-6(2)4-7-5-8(10(11,12)13)15-9(14-7)16-3/h5-6H,4H2,1-3H3. The number of aromatic nitrogens is 2. The normalized spacial score (nSPS) is 11.9. The van der Waals surface area contributed by atoms with Crippen LogP contribution >= 0.6 is 0 Å². The van der Waals surface area contributed by atoms with Crippen molar-refractivity contribution < 1.29 is 17.9 Å². The molecule has 1 aromatic heterocycles. The minimum absolute atomic E-state index is 0.223. The van der Waals surface area contributed by atoms with Crippen molar-refractivity contribution in [3.05, 3.63) is 17.5 Å². The van der Waals surface area contributed by atoms with Gasteiger partial charge in [0.2, 0.25) is 0 Å². The van der Waals surface area contributed by atoms with Crippen LogP contribution in [0.1, 0.15) is 25.2 Å². The number of methoxy groups -OCH3 is 1. The summed E-state index contributed by atoms with van der Waals surface area (Å²) in [5, 5.41) is 0. The molecule has 0 saturated heterocycles. The fraction of sp³-hybridized carbons (Fsp3) is 0.600. The topological polar surface area (TPSA) is 35.0 Å². The van der Waals surface area contributed by atoms with E-state index in [9.17, 15) is 13.2 Å². The van der Waals surface area contributed by atoms with Gasteiger partial charge in [0.05, 0.1) is 7.11 Å². The number of hydrogen-bond acceptors (Lipinski definition) is 3. The van der Waals surface area contributed by atoms with E-state index >= 15 is 0 Å². The minimum atomic E-state index is -4.47.